The van der Waals surface area contributed by atoms with Crippen molar-refractivity contribution in [3.8, 4) is 0 Å². The summed E-state index contributed by atoms with van der Waals surface area (Å²) in [6, 6.07) is 13.5. The zero-order chi connectivity index (χ0) is 26.6. The summed E-state index contributed by atoms with van der Waals surface area (Å²) in [6.45, 7) is 5.62. The van der Waals surface area contributed by atoms with Gasteiger partial charge in [0.25, 0.3) is 0 Å². The molecule has 4 rings (SSSR count). The van der Waals surface area contributed by atoms with E-state index in [-0.39, 0.29) is 24.3 Å². The summed E-state index contributed by atoms with van der Waals surface area (Å²) in [4.78, 5) is 41.5. The van der Waals surface area contributed by atoms with Crippen LogP contribution in [0.1, 0.15) is 70.8 Å². The number of hydrogen-bond acceptors (Lipinski definition) is 3. The minimum Gasteiger partial charge on any atom is -0.350 e. The van der Waals surface area contributed by atoms with Gasteiger partial charge >= 0.3 is 6.03 Å². The summed E-state index contributed by atoms with van der Waals surface area (Å²) < 4.78 is 0. The predicted molar refractivity (Wildman–Crippen MR) is 148 cm³/mol. The van der Waals surface area contributed by atoms with Crippen LogP contribution in [0, 0.1) is 5.92 Å². The Hall–Kier alpha value is -3.06. The molecular weight excluding hydrogens is 488 g/mol. The van der Waals surface area contributed by atoms with Gasteiger partial charge in [0.2, 0.25) is 11.8 Å². The number of amides is 4. The summed E-state index contributed by atoms with van der Waals surface area (Å²) in [6.07, 6.45) is 6.25. The molecular formula is C29H37ClN4O3. The number of hydrogen-bond donors (Lipinski definition) is 3. The number of nitrogens with zero attached hydrogens (tertiary/aromatic N) is 1. The molecule has 7 nitrogen and oxygen atoms in total. The Bertz CT molecular complexity index is 1140. The van der Waals surface area contributed by atoms with Gasteiger partial charge in [0.05, 0.1) is 0 Å². The molecule has 4 amide bonds. The van der Waals surface area contributed by atoms with E-state index >= 15 is 0 Å². The van der Waals surface area contributed by atoms with Crippen molar-refractivity contribution in [1.29, 1.82) is 0 Å². The fourth-order valence-corrected chi connectivity index (χ4v) is 5.79. The minimum atomic E-state index is -0.777. The Morgan fingerprint density at radius 1 is 1.03 bits per heavy atom. The van der Waals surface area contributed by atoms with E-state index < -0.39 is 17.6 Å². The van der Waals surface area contributed by atoms with E-state index in [0.717, 1.165) is 24.1 Å². The normalized spacial score (nSPS) is 20.5. The van der Waals surface area contributed by atoms with E-state index in [1.165, 1.54) is 19.3 Å². The third-order valence-electron chi connectivity index (χ3n) is 7.10. The summed E-state index contributed by atoms with van der Waals surface area (Å²) >= 11 is 6.06. The Kier molecular flexibility index (Phi) is 8.42. The van der Waals surface area contributed by atoms with Crippen LogP contribution >= 0.6 is 11.6 Å². The van der Waals surface area contributed by atoms with Crippen LogP contribution in [0.2, 0.25) is 5.02 Å². The second-order valence-corrected chi connectivity index (χ2v) is 11.6. The fraction of sp³-hybridized carbons (Fsp3) is 0.483. The van der Waals surface area contributed by atoms with Gasteiger partial charge in [-0.15, -0.1) is 0 Å². The first kappa shape index (κ1) is 27.0. The third kappa shape index (κ3) is 7.04. The van der Waals surface area contributed by atoms with Crippen molar-refractivity contribution in [2.75, 3.05) is 16.8 Å². The molecule has 1 fully saturated rings. The first-order valence-electron chi connectivity index (χ1n) is 13.1. The van der Waals surface area contributed by atoms with Crippen molar-refractivity contribution in [3.05, 3.63) is 59.1 Å². The van der Waals surface area contributed by atoms with Crippen LogP contribution in [0.15, 0.2) is 48.5 Å². The molecule has 1 aliphatic carbocycles. The zero-order valence-electron chi connectivity index (χ0n) is 21.9. The number of urea groups is 1. The molecule has 0 unspecified atom stereocenters. The standard InChI is InChI=1S/C29H37ClN4O3/c1-29(2,3)33-26(35)18-34-25-15-8-7-14-22(25)23(19-10-5-4-6-11-19)17-24(27(34)36)32-28(37)31-21-13-9-12-20(30)16-21/h7-9,12-16,19,23-24H,4-6,10-11,17-18H2,1-3H3,(H,33,35)(H2,31,32,37)/t23-,24+/m0/s1. The molecule has 0 radical (unpaired) electrons. The van der Waals surface area contributed by atoms with Crippen molar-refractivity contribution in [3.63, 3.8) is 0 Å². The summed E-state index contributed by atoms with van der Waals surface area (Å²) in [7, 11) is 0. The van der Waals surface area contributed by atoms with Gasteiger partial charge in [0.15, 0.2) is 0 Å². The smallest absolute Gasteiger partial charge is 0.319 e. The van der Waals surface area contributed by atoms with Gasteiger partial charge in [-0.2, -0.15) is 0 Å². The van der Waals surface area contributed by atoms with Gasteiger partial charge < -0.3 is 20.9 Å². The number of nitrogens with one attached hydrogen (secondary N) is 3. The maximum atomic E-state index is 14.0. The second kappa shape index (κ2) is 11.5. The van der Waals surface area contributed by atoms with Gasteiger partial charge in [-0.25, -0.2) is 4.79 Å². The number of carbonyl (C=O) groups excluding carboxylic acids is 3. The van der Waals surface area contributed by atoms with Crippen LogP contribution in [0.3, 0.4) is 0 Å². The molecule has 37 heavy (non-hydrogen) atoms. The van der Waals surface area contributed by atoms with Crippen LogP contribution in [-0.2, 0) is 9.59 Å². The van der Waals surface area contributed by atoms with Crippen LogP contribution in [0.25, 0.3) is 0 Å². The highest BCUT2D eigenvalue weighted by Gasteiger charge is 2.39. The maximum Gasteiger partial charge on any atom is 0.319 e. The number of halogens is 1. The summed E-state index contributed by atoms with van der Waals surface area (Å²) in [5.74, 6) is 0.00361. The van der Waals surface area contributed by atoms with Crippen LogP contribution in [0.5, 0.6) is 0 Å². The first-order chi connectivity index (χ1) is 17.6. The lowest BCUT2D eigenvalue weighted by Gasteiger charge is -2.32. The molecule has 2 aromatic rings. The molecule has 1 saturated carbocycles. The Morgan fingerprint density at radius 2 is 1.76 bits per heavy atom. The summed E-state index contributed by atoms with van der Waals surface area (Å²) in [5, 5.41) is 9.17. The predicted octanol–water partition coefficient (Wildman–Crippen LogP) is 5.85. The average molecular weight is 525 g/mol. The van der Waals surface area contributed by atoms with Gasteiger partial charge in [-0.1, -0.05) is 55.1 Å². The topological polar surface area (TPSA) is 90.5 Å². The molecule has 2 aliphatic rings. The van der Waals surface area contributed by atoms with E-state index in [1.54, 1.807) is 29.2 Å². The minimum absolute atomic E-state index is 0.104. The van der Waals surface area contributed by atoms with Gasteiger partial charge in [-0.3, -0.25) is 9.59 Å². The van der Waals surface area contributed by atoms with Crippen molar-refractivity contribution in [2.24, 2.45) is 5.92 Å². The largest absolute Gasteiger partial charge is 0.350 e. The first-order valence-corrected chi connectivity index (χ1v) is 13.5. The molecule has 198 valence electrons. The molecule has 0 spiro atoms. The number of rotatable bonds is 5. The molecule has 0 saturated heterocycles. The van der Waals surface area contributed by atoms with E-state index in [0.29, 0.717) is 23.0 Å². The average Bonchev–Trinajstić information content (AvgIpc) is 2.94. The highest BCUT2D eigenvalue weighted by atomic mass is 35.5. The van der Waals surface area contributed by atoms with Crippen LogP contribution < -0.4 is 20.9 Å². The van der Waals surface area contributed by atoms with Crippen molar-refractivity contribution < 1.29 is 14.4 Å². The van der Waals surface area contributed by atoms with Gasteiger partial charge in [-0.05, 0) is 81.7 Å². The molecule has 1 heterocycles. The number of fused-ring (bicyclic) bond motifs is 1. The Morgan fingerprint density at radius 3 is 2.46 bits per heavy atom. The SMILES string of the molecule is CC(C)(C)NC(=O)CN1C(=O)[C@H](NC(=O)Nc2cccc(Cl)c2)C[C@@H](C2CCCCC2)c2ccccc21. The Balaban J connectivity index is 1.65. The van der Waals surface area contributed by atoms with E-state index in [1.807, 2.05) is 39.0 Å². The van der Waals surface area contributed by atoms with E-state index in [2.05, 4.69) is 22.0 Å². The highest BCUT2D eigenvalue weighted by Crippen LogP contribution is 2.44. The molecule has 3 N–H and O–H groups in total. The van der Waals surface area contributed by atoms with Gasteiger partial charge in [0, 0.05) is 21.9 Å². The maximum absolute atomic E-state index is 14.0. The molecule has 8 heteroatoms. The molecule has 0 aromatic heterocycles. The van der Waals surface area contributed by atoms with E-state index in [4.69, 9.17) is 11.6 Å². The van der Waals surface area contributed by atoms with Crippen molar-refractivity contribution in [2.45, 2.75) is 76.8 Å². The third-order valence-corrected chi connectivity index (χ3v) is 7.34. The molecule has 1 aliphatic heterocycles. The van der Waals surface area contributed by atoms with Gasteiger partial charge in [0.1, 0.15) is 12.6 Å². The highest BCUT2D eigenvalue weighted by molar-refractivity contribution is 6.30. The number of benzene rings is 2. The molecule has 2 atom stereocenters. The Labute approximate surface area is 224 Å². The number of anilines is 2. The quantitative estimate of drug-likeness (QED) is 0.458. The number of carbonyl (C=O) groups is 3. The fourth-order valence-electron chi connectivity index (χ4n) is 5.60. The molecule has 2 aromatic carbocycles. The number of para-hydroxylation sites is 1. The lowest BCUT2D eigenvalue weighted by atomic mass is 9.74. The van der Waals surface area contributed by atoms with Crippen molar-refractivity contribution >= 4 is 40.8 Å². The zero-order valence-corrected chi connectivity index (χ0v) is 22.6. The van der Waals surface area contributed by atoms with Crippen molar-refractivity contribution in [1.82, 2.24) is 10.6 Å². The lowest BCUT2D eigenvalue weighted by Crippen LogP contribution is -2.53. The van der Waals surface area contributed by atoms with E-state index in [9.17, 15) is 14.4 Å². The lowest BCUT2D eigenvalue weighted by molar-refractivity contribution is -0.125. The van der Waals surface area contributed by atoms with Crippen LogP contribution in [0.4, 0.5) is 16.2 Å². The molecule has 0 bridgehead atoms. The summed E-state index contributed by atoms with van der Waals surface area (Å²) in [5.41, 5.74) is 1.95. The van der Waals surface area contributed by atoms with Crippen LogP contribution in [-0.4, -0.2) is 36.0 Å². The second-order valence-electron chi connectivity index (χ2n) is 11.2. The monoisotopic (exact) mass is 524 g/mol.